The topological polar surface area (TPSA) is 53.9 Å². The van der Waals surface area contributed by atoms with E-state index in [4.69, 9.17) is 0 Å². The molecule has 1 unspecified atom stereocenters. The number of nitrogens with one attached hydrogen (secondary N) is 1. The van der Waals surface area contributed by atoms with Crippen LogP contribution in [0.1, 0.15) is 36.6 Å². The minimum absolute atomic E-state index is 0.0132. The Bertz CT molecular complexity index is 671. The van der Waals surface area contributed by atoms with Gasteiger partial charge in [-0.15, -0.1) is 0 Å². The van der Waals surface area contributed by atoms with Gasteiger partial charge in [0.2, 0.25) is 5.95 Å². The Morgan fingerprint density at radius 1 is 1.12 bits per heavy atom. The normalized spacial score (nSPS) is 17.2. The summed E-state index contributed by atoms with van der Waals surface area (Å²) in [6, 6.07) is 4.75. The van der Waals surface area contributed by atoms with Crippen LogP contribution in [0.2, 0.25) is 0 Å². The lowest BCUT2D eigenvalue weighted by atomic mass is 10.0. The summed E-state index contributed by atoms with van der Waals surface area (Å²) >= 11 is 0. The first kappa shape index (κ1) is 17.6. The van der Waals surface area contributed by atoms with Crippen LogP contribution in [0.25, 0.3) is 0 Å². The number of rotatable bonds is 5. The fourth-order valence-electron chi connectivity index (χ4n) is 3.05. The number of likely N-dealkylation sites (tertiary alicyclic amines) is 1. The Morgan fingerprint density at radius 3 is 2.60 bits per heavy atom. The van der Waals surface area contributed by atoms with Crippen LogP contribution in [0.5, 0.6) is 0 Å². The van der Waals surface area contributed by atoms with Gasteiger partial charge in [-0.25, -0.2) is 9.97 Å². The van der Waals surface area contributed by atoms with E-state index in [0.717, 1.165) is 43.8 Å². The van der Waals surface area contributed by atoms with Gasteiger partial charge in [-0.2, -0.15) is 13.2 Å². The van der Waals surface area contributed by atoms with Crippen molar-refractivity contribution in [2.45, 2.75) is 31.5 Å². The van der Waals surface area contributed by atoms with Gasteiger partial charge in [0.25, 0.3) is 0 Å². The number of aromatic nitrogens is 3. The fourth-order valence-corrected chi connectivity index (χ4v) is 3.05. The maximum Gasteiger partial charge on any atom is 0.433 e. The summed E-state index contributed by atoms with van der Waals surface area (Å²) in [6.45, 7) is 2.35. The molecule has 0 aromatic carbocycles. The van der Waals surface area contributed by atoms with Crippen molar-refractivity contribution in [1.29, 1.82) is 0 Å². The first-order valence-corrected chi connectivity index (χ1v) is 8.32. The molecule has 1 aliphatic rings. The van der Waals surface area contributed by atoms with Gasteiger partial charge < -0.3 is 5.32 Å². The van der Waals surface area contributed by atoms with Crippen molar-refractivity contribution in [3.8, 4) is 0 Å². The van der Waals surface area contributed by atoms with E-state index in [0.29, 0.717) is 6.54 Å². The fraction of sp³-hybridized carbons (Fsp3) is 0.471. The number of hydrogen-bond acceptors (Lipinski definition) is 5. The third-order valence-electron chi connectivity index (χ3n) is 4.30. The number of halogens is 3. The van der Waals surface area contributed by atoms with E-state index in [1.54, 1.807) is 12.4 Å². The summed E-state index contributed by atoms with van der Waals surface area (Å²) < 4.78 is 38.4. The van der Waals surface area contributed by atoms with Crippen LogP contribution in [0.4, 0.5) is 19.1 Å². The molecule has 3 heterocycles. The molecular weight excluding hydrogens is 331 g/mol. The van der Waals surface area contributed by atoms with Crippen molar-refractivity contribution >= 4 is 5.95 Å². The predicted octanol–water partition coefficient (Wildman–Crippen LogP) is 3.53. The van der Waals surface area contributed by atoms with Crippen molar-refractivity contribution in [3.63, 3.8) is 0 Å². The van der Waals surface area contributed by atoms with Gasteiger partial charge in [-0.05, 0) is 43.6 Å². The Kier molecular flexibility index (Phi) is 5.47. The zero-order chi connectivity index (χ0) is 17.7. The van der Waals surface area contributed by atoms with E-state index in [1.165, 1.54) is 6.42 Å². The van der Waals surface area contributed by atoms with Gasteiger partial charge in [-0.1, -0.05) is 12.5 Å². The Morgan fingerprint density at radius 2 is 1.92 bits per heavy atom. The van der Waals surface area contributed by atoms with Crippen molar-refractivity contribution in [2.24, 2.45) is 0 Å². The molecule has 8 heteroatoms. The van der Waals surface area contributed by atoms with E-state index in [2.05, 4.69) is 25.2 Å². The zero-order valence-corrected chi connectivity index (χ0v) is 13.7. The first-order valence-electron chi connectivity index (χ1n) is 8.32. The van der Waals surface area contributed by atoms with Crippen molar-refractivity contribution in [1.82, 2.24) is 19.9 Å². The standard InChI is InChI=1S/C17H20F3N5/c18-17(19,20)15-6-8-22-16(24-15)23-12-14(13-5-4-7-21-11-13)25-9-2-1-3-10-25/h4-8,11,14H,1-3,9-10,12H2,(H,22,23,24). The minimum Gasteiger partial charge on any atom is -0.352 e. The second-order valence-electron chi connectivity index (χ2n) is 6.04. The molecule has 0 saturated carbocycles. The molecule has 0 radical (unpaired) electrons. The lowest BCUT2D eigenvalue weighted by Gasteiger charge is -2.34. The number of nitrogens with zero attached hydrogens (tertiary/aromatic N) is 4. The van der Waals surface area contributed by atoms with E-state index in [1.807, 2.05) is 12.1 Å². The average Bonchev–Trinajstić information content (AvgIpc) is 2.63. The number of alkyl halides is 3. The molecule has 1 saturated heterocycles. The number of piperidine rings is 1. The lowest BCUT2D eigenvalue weighted by molar-refractivity contribution is -0.141. The molecule has 0 bridgehead atoms. The third kappa shape index (κ3) is 4.66. The first-order chi connectivity index (χ1) is 12.0. The van der Waals surface area contributed by atoms with Gasteiger partial charge in [0.05, 0.1) is 6.04 Å². The zero-order valence-electron chi connectivity index (χ0n) is 13.7. The molecule has 134 valence electrons. The minimum atomic E-state index is -4.48. The highest BCUT2D eigenvalue weighted by molar-refractivity contribution is 5.28. The molecule has 25 heavy (non-hydrogen) atoms. The lowest BCUT2D eigenvalue weighted by Crippen LogP contribution is -2.37. The molecule has 1 N–H and O–H groups in total. The summed E-state index contributed by atoms with van der Waals surface area (Å²) in [5, 5.41) is 2.96. The SMILES string of the molecule is FC(F)(F)c1ccnc(NCC(c2cccnc2)N2CCCCC2)n1. The average molecular weight is 351 g/mol. The Labute approximate surface area is 144 Å². The molecule has 3 rings (SSSR count). The molecule has 1 fully saturated rings. The van der Waals surface area contributed by atoms with E-state index >= 15 is 0 Å². The molecule has 5 nitrogen and oxygen atoms in total. The summed E-state index contributed by atoms with van der Waals surface area (Å²) in [7, 11) is 0. The van der Waals surface area contributed by atoms with E-state index in [9.17, 15) is 13.2 Å². The molecular formula is C17H20F3N5. The van der Waals surface area contributed by atoms with Gasteiger partial charge in [0.15, 0.2) is 0 Å². The second kappa shape index (κ2) is 7.77. The molecule has 0 amide bonds. The summed E-state index contributed by atoms with van der Waals surface area (Å²) in [4.78, 5) is 14.0. The largest absolute Gasteiger partial charge is 0.433 e. The Balaban J connectivity index is 1.74. The molecule has 0 aliphatic carbocycles. The quantitative estimate of drug-likeness (QED) is 0.893. The van der Waals surface area contributed by atoms with Gasteiger partial charge in [0, 0.05) is 25.1 Å². The van der Waals surface area contributed by atoms with Crippen molar-refractivity contribution < 1.29 is 13.2 Å². The van der Waals surface area contributed by atoms with E-state index < -0.39 is 11.9 Å². The van der Waals surface area contributed by atoms with Crippen LogP contribution in [0, 0.1) is 0 Å². The van der Waals surface area contributed by atoms with Crippen LogP contribution >= 0.6 is 0 Å². The van der Waals surface area contributed by atoms with Crippen LogP contribution < -0.4 is 5.32 Å². The van der Waals surface area contributed by atoms with Gasteiger partial charge >= 0.3 is 6.18 Å². The Hall–Kier alpha value is -2.22. The highest BCUT2D eigenvalue weighted by Gasteiger charge is 2.33. The van der Waals surface area contributed by atoms with E-state index in [-0.39, 0.29) is 12.0 Å². The van der Waals surface area contributed by atoms with Crippen LogP contribution in [0.15, 0.2) is 36.8 Å². The second-order valence-corrected chi connectivity index (χ2v) is 6.04. The maximum atomic E-state index is 12.8. The molecule has 1 atom stereocenters. The molecule has 0 spiro atoms. The van der Waals surface area contributed by atoms with Crippen LogP contribution in [-0.4, -0.2) is 39.5 Å². The van der Waals surface area contributed by atoms with Crippen molar-refractivity contribution in [3.05, 3.63) is 48.0 Å². The summed E-state index contributed by atoms with van der Waals surface area (Å²) in [5.41, 5.74) is 0.0878. The predicted molar refractivity (Wildman–Crippen MR) is 87.9 cm³/mol. The smallest absolute Gasteiger partial charge is 0.352 e. The maximum absolute atomic E-state index is 12.8. The third-order valence-corrected chi connectivity index (χ3v) is 4.30. The highest BCUT2D eigenvalue weighted by atomic mass is 19.4. The number of hydrogen-bond donors (Lipinski definition) is 1. The number of pyridine rings is 1. The van der Waals surface area contributed by atoms with Gasteiger partial charge in [-0.3, -0.25) is 9.88 Å². The monoisotopic (exact) mass is 351 g/mol. The number of anilines is 1. The summed E-state index contributed by atoms with van der Waals surface area (Å²) in [6.07, 6.45) is 3.61. The molecule has 1 aliphatic heterocycles. The highest BCUT2D eigenvalue weighted by Crippen LogP contribution is 2.28. The van der Waals surface area contributed by atoms with Gasteiger partial charge in [0.1, 0.15) is 5.69 Å². The summed E-state index contributed by atoms with van der Waals surface area (Å²) in [5.74, 6) is -0.0132. The van der Waals surface area contributed by atoms with Crippen LogP contribution in [0.3, 0.4) is 0 Å². The molecule has 2 aromatic heterocycles. The molecule has 2 aromatic rings. The van der Waals surface area contributed by atoms with Crippen molar-refractivity contribution in [2.75, 3.05) is 25.0 Å². The van der Waals surface area contributed by atoms with Crippen LogP contribution in [-0.2, 0) is 6.18 Å².